The van der Waals surface area contributed by atoms with Gasteiger partial charge in [0.1, 0.15) is 5.82 Å². The second-order valence-electron chi connectivity index (χ2n) is 7.32. The van der Waals surface area contributed by atoms with Gasteiger partial charge in [0.15, 0.2) is 0 Å². The largest absolute Gasteiger partial charge is 0.394 e. The molecule has 0 aliphatic carbocycles. The molecule has 0 unspecified atom stereocenters. The van der Waals surface area contributed by atoms with Crippen molar-refractivity contribution < 1.29 is 9.18 Å². The SMILES string of the molecule is CN/C=C\c1cc(-c2ccc(CN3Cc4ccccc4C3=O)c(F)c2)ccc1C. The molecule has 0 fully saturated rings. The Labute approximate surface area is 170 Å². The number of amides is 1. The first kappa shape index (κ1) is 18.9. The predicted octanol–water partition coefficient (Wildman–Crippen LogP) is 5.15. The summed E-state index contributed by atoms with van der Waals surface area (Å²) in [7, 11) is 1.85. The topological polar surface area (TPSA) is 32.3 Å². The number of benzene rings is 3. The first-order valence-electron chi connectivity index (χ1n) is 9.67. The molecule has 3 aromatic rings. The van der Waals surface area contributed by atoms with Gasteiger partial charge in [-0.1, -0.05) is 42.5 Å². The molecule has 3 aromatic carbocycles. The van der Waals surface area contributed by atoms with Crippen molar-refractivity contribution in [3.63, 3.8) is 0 Å². The van der Waals surface area contributed by atoms with Crippen LogP contribution in [0.3, 0.4) is 0 Å². The van der Waals surface area contributed by atoms with Gasteiger partial charge in [0, 0.05) is 31.3 Å². The Balaban J connectivity index is 1.56. The fraction of sp³-hybridized carbons (Fsp3) is 0.160. The van der Waals surface area contributed by atoms with E-state index in [0.29, 0.717) is 17.7 Å². The number of halogens is 1. The molecule has 0 bridgehead atoms. The first-order chi connectivity index (χ1) is 14.1. The molecule has 0 saturated carbocycles. The summed E-state index contributed by atoms with van der Waals surface area (Å²) >= 11 is 0. The summed E-state index contributed by atoms with van der Waals surface area (Å²) in [5.41, 5.74) is 6.26. The Morgan fingerprint density at radius 3 is 2.59 bits per heavy atom. The van der Waals surface area contributed by atoms with E-state index in [4.69, 9.17) is 0 Å². The van der Waals surface area contributed by atoms with Crippen molar-refractivity contribution in [1.29, 1.82) is 0 Å². The third-order valence-corrected chi connectivity index (χ3v) is 5.35. The number of hydrogen-bond donors (Lipinski definition) is 1. The number of nitrogens with zero attached hydrogens (tertiary/aromatic N) is 1. The van der Waals surface area contributed by atoms with Gasteiger partial charge in [-0.15, -0.1) is 0 Å². The molecular weight excluding hydrogens is 363 g/mol. The molecule has 0 atom stereocenters. The molecule has 1 N–H and O–H groups in total. The molecule has 29 heavy (non-hydrogen) atoms. The summed E-state index contributed by atoms with van der Waals surface area (Å²) in [5, 5.41) is 2.99. The zero-order valence-corrected chi connectivity index (χ0v) is 16.6. The molecule has 1 heterocycles. The summed E-state index contributed by atoms with van der Waals surface area (Å²) in [6.45, 7) is 2.84. The third-order valence-electron chi connectivity index (χ3n) is 5.35. The van der Waals surface area contributed by atoms with Crippen LogP contribution in [0, 0.1) is 12.7 Å². The van der Waals surface area contributed by atoms with Crippen LogP contribution in [0.5, 0.6) is 0 Å². The van der Waals surface area contributed by atoms with Crippen LogP contribution < -0.4 is 5.32 Å². The molecule has 0 aromatic heterocycles. The molecule has 4 rings (SSSR count). The minimum Gasteiger partial charge on any atom is -0.394 e. The first-order valence-corrected chi connectivity index (χ1v) is 9.67. The Morgan fingerprint density at radius 2 is 1.83 bits per heavy atom. The van der Waals surface area contributed by atoms with E-state index >= 15 is 0 Å². The molecule has 3 nitrogen and oxygen atoms in total. The van der Waals surface area contributed by atoms with Gasteiger partial charge in [-0.3, -0.25) is 4.79 Å². The van der Waals surface area contributed by atoms with Crippen molar-refractivity contribution in [1.82, 2.24) is 10.2 Å². The number of carbonyl (C=O) groups excluding carboxylic acids is 1. The highest BCUT2D eigenvalue weighted by Gasteiger charge is 2.27. The van der Waals surface area contributed by atoms with E-state index in [2.05, 4.69) is 11.4 Å². The third kappa shape index (κ3) is 3.79. The maximum absolute atomic E-state index is 14.9. The minimum absolute atomic E-state index is 0.0384. The molecule has 1 amide bonds. The fourth-order valence-electron chi connectivity index (χ4n) is 3.68. The second kappa shape index (κ2) is 7.92. The zero-order chi connectivity index (χ0) is 20.4. The fourth-order valence-corrected chi connectivity index (χ4v) is 3.68. The van der Waals surface area contributed by atoms with E-state index in [9.17, 15) is 9.18 Å². The van der Waals surface area contributed by atoms with Gasteiger partial charge in [0.05, 0.1) is 0 Å². The molecule has 1 aliphatic heterocycles. The quantitative estimate of drug-likeness (QED) is 0.658. The number of nitrogens with one attached hydrogen (secondary N) is 1. The maximum Gasteiger partial charge on any atom is 0.254 e. The summed E-state index contributed by atoms with van der Waals surface area (Å²) in [5.74, 6) is -0.331. The van der Waals surface area contributed by atoms with Gasteiger partial charge in [0.2, 0.25) is 0 Å². The van der Waals surface area contributed by atoms with Crippen LogP contribution in [-0.2, 0) is 13.1 Å². The maximum atomic E-state index is 14.9. The van der Waals surface area contributed by atoms with Crippen LogP contribution in [0.4, 0.5) is 4.39 Å². The van der Waals surface area contributed by atoms with Gasteiger partial charge in [-0.2, -0.15) is 0 Å². The lowest BCUT2D eigenvalue weighted by atomic mass is 9.98. The van der Waals surface area contributed by atoms with Crippen LogP contribution in [0.15, 0.2) is 66.9 Å². The normalized spacial score (nSPS) is 13.2. The lowest BCUT2D eigenvalue weighted by Gasteiger charge is -2.17. The summed E-state index contributed by atoms with van der Waals surface area (Å²) < 4.78 is 14.9. The Bertz CT molecular complexity index is 1100. The second-order valence-corrected chi connectivity index (χ2v) is 7.32. The van der Waals surface area contributed by atoms with Gasteiger partial charge >= 0.3 is 0 Å². The molecular formula is C25H23FN2O. The van der Waals surface area contributed by atoms with Crippen molar-refractivity contribution in [3.05, 3.63) is 100 Å². The van der Waals surface area contributed by atoms with Crippen molar-refractivity contribution in [3.8, 4) is 11.1 Å². The molecule has 4 heteroatoms. The Hall–Kier alpha value is -3.40. The van der Waals surface area contributed by atoms with Crippen LogP contribution in [0.2, 0.25) is 0 Å². The average molecular weight is 386 g/mol. The number of fused-ring (bicyclic) bond motifs is 1. The van der Waals surface area contributed by atoms with Crippen molar-refractivity contribution in [2.75, 3.05) is 7.05 Å². The minimum atomic E-state index is -0.292. The predicted molar refractivity (Wildman–Crippen MR) is 115 cm³/mol. The highest BCUT2D eigenvalue weighted by atomic mass is 19.1. The summed E-state index contributed by atoms with van der Waals surface area (Å²) in [4.78, 5) is 14.2. The van der Waals surface area contributed by atoms with Gasteiger partial charge in [-0.25, -0.2) is 4.39 Å². The standard InChI is InChI=1S/C25H23FN2O/c1-17-7-8-19(13-18(17)11-12-27-2)20-9-10-22(24(26)14-20)16-28-15-21-5-3-4-6-23(21)25(28)29/h3-14,27H,15-16H2,1-2H3/b12-11-. The number of hydrogen-bond acceptors (Lipinski definition) is 2. The lowest BCUT2D eigenvalue weighted by Crippen LogP contribution is -2.23. The van der Waals surface area contributed by atoms with E-state index in [0.717, 1.165) is 27.8 Å². The van der Waals surface area contributed by atoms with E-state index in [1.54, 1.807) is 17.0 Å². The van der Waals surface area contributed by atoms with Crippen LogP contribution in [0.1, 0.15) is 32.6 Å². The van der Waals surface area contributed by atoms with Crippen molar-refractivity contribution in [2.24, 2.45) is 0 Å². The Morgan fingerprint density at radius 1 is 1.07 bits per heavy atom. The zero-order valence-electron chi connectivity index (χ0n) is 16.6. The van der Waals surface area contributed by atoms with Gasteiger partial charge < -0.3 is 10.2 Å². The van der Waals surface area contributed by atoms with E-state index in [1.807, 2.05) is 68.7 Å². The van der Waals surface area contributed by atoms with E-state index < -0.39 is 0 Å². The van der Waals surface area contributed by atoms with Gasteiger partial charge in [-0.05, 0) is 65.2 Å². The number of aryl methyl sites for hydroxylation is 1. The highest BCUT2D eigenvalue weighted by molar-refractivity contribution is 5.98. The smallest absolute Gasteiger partial charge is 0.254 e. The van der Waals surface area contributed by atoms with Crippen LogP contribution in [-0.4, -0.2) is 17.9 Å². The molecule has 1 aliphatic rings. The van der Waals surface area contributed by atoms with Gasteiger partial charge in [0.25, 0.3) is 5.91 Å². The molecule has 0 saturated heterocycles. The summed E-state index contributed by atoms with van der Waals surface area (Å²) in [6, 6.07) is 18.9. The lowest BCUT2D eigenvalue weighted by molar-refractivity contribution is 0.0765. The number of carbonyl (C=O) groups is 1. The molecule has 0 spiro atoms. The molecule has 146 valence electrons. The average Bonchev–Trinajstić information content (AvgIpc) is 3.04. The molecule has 0 radical (unpaired) electrons. The Kier molecular flexibility index (Phi) is 5.17. The van der Waals surface area contributed by atoms with Crippen LogP contribution in [0.25, 0.3) is 17.2 Å². The summed E-state index contributed by atoms with van der Waals surface area (Å²) in [6.07, 6.45) is 3.88. The van der Waals surface area contributed by atoms with Crippen molar-refractivity contribution in [2.45, 2.75) is 20.0 Å². The van der Waals surface area contributed by atoms with E-state index in [1.165, 1.54) is 0 Å². The number of rotatable bonds is 5. The monoisotopic (exact) mass is 386 g/mol. The van der Waals surface area contributed by atoms with Crippen molar-refractivity contribution >= 4 is 12.0 Å². The highest BCUT2D eigenvalue weighted by Crippen LogP contribution is 2.28. The van der Waals surface area contributed by atoms with Crippen LogP contribution >= 0.6 is 0 Å². The van der Waals surface area contributed by atoms with E-state index in [-0.39, 0.29) is 18.3 Å².